The third-order valence-corrected chi connectivity index (χ3v) is 2.29. The van der Waals surface area contributed by atoms with Gasteiger partial charge in [0.15, 0.2) is 0 Å². The molecule has 0 unspecified atom stereocenters. The molecule has 2 nitrogen and oxygen atoms in total. The van der Waals surface area contributed by atoms with E-state index in [0.29, 0.717) is 0 Å². The maximum atomic E-state index is 8.95. The summed E-state index contributed by atoms with van der Waals surface area (Å²) in [5.74, 6) is 1.72. The summed E-state index contributed by atoms with van der Waals surface area (Å²) in [6, 6.07) is 5.73. The Kier molecular flexibility index (Phi) is 3.75. The first kappa shape index (κ1) is 10.5. The van der Waals surface area contributed by atoms with E-state index in [4.69, 9.17) is 9.84 Å². The lowest BCUT2D eigenvalue weighted by atomic mass is 10.0. The van der Waals surface area contributed by atoms with Crippen molar-refractivity contribution >= 4 is 15.9 Å². The predicted molar refractivity (Wildman–Crippen MR) is 55.8 cm³/mol. The zero-order chi connectivity index (χ0) is 9.84. The highest BCUT2D eigenvalue weighted by atomic mass is 79.9. The third-order valence-electron chi connectivity index (χ3n) is 1.84. The van der Waals surface area contributed by atoms with Crippen LogP contribution in [-0.2, 0) is 0 Å². The van der Waals surface area contributed by atoms with E-state index in [1.165, 1.54) is 0 Å². The van der Waals surface area contributed by atoms with Gasteiger partial charge in [-0.15, -0.1) is 0 Å². The van der Waals surface area contributed by atoms with Gasteiger partial charge in [-0.3, -0.25) is 0 Å². The Labute approximate surface area is 86.7 Å². The molecule has 0 aliphatic carbocycles. The van der Waals surface area contributed by atoms with Crippen molar-refractivity contribution < 1.29 is 9.84 Å². The van der Waals surface area contributed by atoms with E-state index < -0.39 is 0 Å². The van der Waals surface area contributed by atoms with Gasteiger partial charge in [0.2, 0.25) is 0 Å². The highest BCUT2D eigenvalue weighted by molar-refractivity contribution is 9.10. The van der Waals surface area contributed by atoms with E-state index in [2.05, 4.69) is 15.9 Å². The van der Waals surface area contributed by atoms with Gasteiger partial charge in [-0.25, -0.2) is 0 Å². The lowest BCUT2D eigenvalue weighted by Gasteiger charge is -2.10. The Balaban J connectivity index is 3.01. The van der Waals surface area contributed by atoms with Gasteiger partial charge < -0.3 is 9.84 Å². The Morgan fingerprint density at radius 3 is 2.69 bits per heavy atom. The van der Waals surface area contributed by atoms with Crippen molar-refractivity contribution in [3.05, 3.63) is 34.2 Å². The number of halogens is 1. The predicted octanol–water partition coefficient (Wildman–Crippen LogP) is 2.39. The maximum Gasteiger partial charge on any atom is 0.120 e. The van der Waals surface area contributed by atoms with Gasteiger partial charge in [0, 0.05) is 10.4 Å². The van der Waals surface area contributed by atoms with Crippen LogP contribution in [0.2, 0.25) is 0 Å². The first-order valence-corrected chi connectivity index (χ1v) is 4.75. The standard InChI is InChI=1S/C10H12BrO2/c1-7(6-12)8-3-9(11)5-10(4-8)13-2/h3-5,12H,6H2,1-2H3. The molecule has 0 amide bonds. The van der Waals surface area contributed by atoms with Crippen molar-refractivity contribution in [2.45, 2.75) is 6.92 Å². The number of ether oxygens (including phenoxy) is 1. The van der Waals surface area contributed by atoms with Gasteiger partial charge in [0.25, 0.3) is 0 Å². The van der Waals surface area contributed by atoms with Crippen molar-refractivity contribution in [2.24, 2.45) is 0 Å². The highest BCUT2D eigenvalue weighted by Gasteiger charge is 2.07. The summed E-state index contributed by atoms with van der Waals surface area (Å²) in [4.78, 5) is 0. The van der Waals surface area contributed by atoms with E-state index in [1.807, 2.05) is 25.1 Å². The van der Waals surface area contributed by atoms with E-state index >= 15 is 0 Å². The van der Waals surface area contributed by atoms with Crippen LogP contribution >= 0.6 is 15.9 Å². The SMILES string of the molecule is COc1cc(Br)cc([C](C)CO)c1. The fourth-order valence-electron chi connectivity index (χ4n) is 1.02. The number of aliphatic hydroxyl groups excluding tert-OH is 1. The average Bonchev–Trinajstić information content (AvgIpc) is 2.15. The minimum absolute atomic E-state index is 0.0691. The summed E-state index contributed by atoms with van der Waals surface area (Å²) >= 11 is 3.38. The quantitative estimate of drug-likeness (QED) is 0.884. The van der Waals surface area contributed by atoms with Crippen LogP contribution in [0.5, 0.6) is 5.75 Å². The van der Waals surface area contributed by atoms with Crippen LogP contribution < -0.4 is 4.74 Å². The van der Waals surface area contributed by atoms with Crippen molar-refractivity contribution in [1.82, 2.24) is 0 Å². The van der Waals surface area contributed by atoms with Gasteiger partial charge in [0.1, 0.15) is 5.75 Å². The molecule has 0 aliphatic rings. The minimum atomic E-state index is 0.0691. The molecule has 0 atom stereocenters. The first-order chi connectivity index (χ1) is 6.17. The second kappa shape index (κ2) is 4.63. The van der Waals surface area contributed by atoms with Crippen LogP contribution in [0.25, 0.3) is 0 Å². The van der Waals surface area contributed by atoms with Gasteiger partial charge in [-0.1, -0.05) is 22.9 Å². The Hall–Kier alpha value is -0.540. The monoisotopic (exact) mass is 243 g/mol. The van der Waals surface area contributed by atoms with Gasteiger partial charge in [-0.2, -0.15) is 0 Å². The summed E-state index contributed by atoms with van der Waals surface area (Å²) in [7, 11) is 1.62. The molecule has 0 heterocycles. The molecule has 13 heavy (non-hydrogen) atoms. The lowest BCUT2D eigenvalue weighted by molar-refractivity contribution is 0.314. The topological polar surface area (TPSA) is 29.5 Å². The molecule has 1 N–H and O–H groups in total. The average molecular weight is 244 g/mol. The number of hydrogen-bond acceptors (Lipinski definition) is 2. The minimum Gasteiger partial charge on any atom is -0.497 e. The van der Waals surface area contributed by atoms with E-state index in [0.717, 1.165) is 21.7 Å². The Bertz CT molecular complexity index is 286. The molecule has 0 spiro atoms. The highest BCUT2D eigenvalue weighted by Crippen LogP contribution is 2.25. The molecule has 0 fully saturated rings. The normalized spacial score (nSPS) is 10.5. The van der Waals surface area contributed by atoms with E-state index in [1.54, 1.807) is 7.11 Å². The smallest absolute Gasteiger partial charge is 0.120 e. The van der Waals surface area contributed by atoms with Crippen LogP contribution in [0.4, 0.5) is 0 Å². The van der Waals surface area contributed by atoms with Crippen molar-refractivity contribution in [3.8, 4) is 5.75 Å². The van der Waals surface area contributed by atoms with Crippen LogP contribution in [0, 0.1) is 5.92 Å². The van der Waals surface area contributed by atoms with Crippen LogP contribution in [0.15, 0.2) is 22.7 Å². The zero-order valence-electron chi connectivity index (χ0n) is 7.67. The van der Waals surface area contributed by atoms with Crippen LogP contribution in [0.3, 0.4) is 0 Å². The Morgan fingerprint density at radius 1 is 1.46 bits per heavy atom. The zero-order valence-corrected chi connectivity index (χ0v) is 9.26. The van der Waals surface area contributed by atoms with Crippen LogP contribution in [0.1, 0.15) is 12.5 Å². The molecular formula is C10H12BrO2. The number of methoxy groups -OCH3 is 1. The third kappa shape index (κ3) is 2.71. The van der Waals surface area contributed by atoms with Crippen molar-refractivity contribution in [2.75, 3.05) is 13.7 Å². The van der Waals surface area contributed by atoms with Crippen molar-refractivity contribution in [3.63, 3.8) is 0 Å². The number of rotatable bonds is 3. The van der Waals surface area contributed by atoms with Crippen LogP contribution in [-0.4, -0.2) is 18.8 Å². The maximum absolute atomic E-state index is 8.95. The molecule has 0 bridgehead atoms. The fourth-order valence-corrected chi connectivity index (χ4v) is 1.49. The molecule has 0 aliphatic heterocycles. The van der Waals surface area contributed by atoms with Crippen molar-refractivity contribution in [1.29, 1.82) is 0 Å². The summed E-state index contributed by atoms with van der Waals surface area (Å²) in [6.45, 7) is 1.96. The molecule has 1 aromatic carbocycles. The molecule has 1 rings (SSSR count). The number of hydrogen-bond donors (Lipinski definition) is 1. The summed E-state index contributed by atoms with van der Waals surface area (Å²) in [5.41, 5.74) is 0.994. The molecule has 3 heteroatoms. The number of aliphatic hydroxyl groups is 1. The first-order valence-electron chi connectivity index (χ1n) is 3.95. The molecule has 1 aromatic rings. The van der Waals surface area contributed by atoms with Gasteiger partial charge in [-0.05, 0) is 23.8 Å². The van der Waals surface area contributed by atoms with E-state index in [9.17, 15) is 0 Å². The second-order valence-corrected chi connectivity index (χ2v) is 3.73. The fraction of sp³-hybridized carbons (Fsp3) is 0.300. The van der Waals surface area contributed by atoms with Gasteiger partial charge >= 0.3 is 0 Å². The summed E-state index contributed by atoms with van der Waals surface area (Å²) < 4.78 is 6.06. The Morgan fingerprint density at radius 2 is 2.15 bits per heavy atom. The largest absolute Gasteiger partial charge is 0.497 e. The molecule has 71 valence electrons. The summed E-state index contributed by atoms with van der Waals surface area (Å²) in [5, 5.41) is 8.95. The second-order valence-electron chi connectivity index (χ2n) is 2.82. The number of benzene rings is 1. The molecular weight excluding hydrogens is 232 g/mol. The molecule has 1 radical (unpaired) electrons. The molecule has 0 aromatic heterocycles. The van der Waals surface area contributed by atoms with E-state index in [-0.39, 0.29) is 6.61 Å². The lowest BCUT2D eigenvalue weighted by Crippen LogP contribution is -2.00. The summed E-state index contributed by atoms with van der Waals surface area (Å²) in [6.07, 6.45) is 0. The van der Waals surface area contributed by atoms with Gasteiger partial charge in [0.05, 0.1) is 13.7 Å². The molecule has 0 saturated carbocycles. The molecule has 0 saturated heterocycles.